The van der Waals surface area contributed by atoms with Crippen molar-refractivity contribution in [3.05, 3.63) is 154 Å². The quantitative estimate of drug-likeness (QED) is 0.153. The van der Waals surface area contributed by atoms with E-state index in [-0.39, 0.29) is 24.8 Å². The van der Waals surface area contributed by atoms with Crippen LogP contribution in [0.1, 0.15) is 55.8 Å². The third-order valence-corrected chi connectivity index (χ3v) is 29.0. The van der Waals surface area contributed by atoms with Crippen molar-refractivity contribution in [3.63, 3.8) is 0 Å². The summed E-state index contributed by atoms with van der Waals surface area (Å²) in [6.45, 7) is 12.1. The second-order valence-electron chi connectivity index (χ2n) is 15.6. The minimum atomic E-state index is -3.75. The summed E-state index contributed by atoms with van der Waals surface area (Å²) in [7, 11) is 0. The van der Waals surface area contributed by atoms with Crippen molar-refractivity contribution in [2.45, 2.75) is 44.2 Å². The Kier molecular flexibility index (Phi) is 9.47. The zero-order chi connectivity index (χ0) is 32.7. The summed E-state index contributed by atoms with van der Waals surface area (Å²) in [5, 5.41) is 5.24. The van der Waals surface area contributed by atoms with Gasteiger partial charge in [-0.15, -0.1) is 24.8 Å². The van der Waals surface area contributed by atoms with Gasteiger partial charge < -0.3 is 0 Å². The fourth-order valence-corrected chi connectivity index (χ4v) is 30.1. The summed E-state index contributed by atoms with van der Waals surface area (Å²) >= 11 is -3.75. The predicted octanol–water partition coefficient (Wildman–Crippen LogP) is 13.1. The molecule has 248 valence electrons. The Balaban J connectivity index is 0.00000208. The van der Waals surface area contributed by atoms with E-state index >= 15 is 0 Å². The smallest absolute Gasteiger partial charge is 0.147 e. The summed E-state index contributed by atoms with van der Waals surface area (Å²) < 4.78 is 6.53. The zero-order valence-corrected chi connectivity index (χ0v) is 34.9. The first kappa shape index (κ1) is 35.8. The van der Waals surface area contributed by atoms with Gasteiger partial charge in [0.25, 0.3) is 0 Å². The molecule has 2 atom stereocenters. The van der Waals surface area contributed by atoms with Crippen molar-refractivity contribution < 1.29 is 17.4 Å². The molecule has 0 spiro atoms. The molecule has 2 unspecified atom stereocenters. The number of halogens is 2. The molecular weight excluding hydrogens is 731 g/mol. The Morgan fingerprint density at radius 1 is 0.592 bits per heavy atom. The van der Waals surface area contributed by atoms with Gasteiger partial charge in [0.2, 0.25) is 0 Å². The largest absolute Gasteiger partial charge is 0.147 e. The number of aryl methyl sites for hydroxylation is 1. The maximum absolute atomic E-state index is 3.75. The van der Waals surface area contributed by atoms with Gasteiger partial charge in [-0.05, 0) is 0 Å². The average Bonchev–Trinajstić information content (AvgIpc) is 3.65. The van der Waals surface area contributed by atoms with E-state index in [0.717, 1.165) is 0 Å². The Hall–Kier alpha value is -3.00. The summed E-state index contributed by atoms with van der Waals surface area (Å²) in [6.07, 6.45) is 5.18. The molecule has 8 rings (SSSR count). The van der Waals surface area contributed by atoms with Gasteiger partial charge >= 0.3 is 285 Å². The SMILES string of the molecule is CC1=Cc2c(-c3cccc4ccccc34)ccc(C)c2[CH]1[Zr]([CH3])([CH3])(=[SiH2])[CH]1C(C(C)C)=Cc2c(-c3ccc4ccccc4c3)cccc21.Cl.Cl. The Bertz CT molecular complexity index is 2400. The Morgan fingerprint density at radius 2 is 1.24 bits per heavy atom. The van der Waals surface area contributed by atoms with Crippen LogP contribution in [0.4, 0.5) is 0 Å². The topological polar surface area (TPSA) is 0 Å². The van der Waals surface area contributed by atoms with Gasteiger partial charge in [-0.1, -0.05) is 0 Å². The van der Waals surface area contributed by atoms with Crippen LogP contribution >= 0.6 is 24.8 Å². The summed E-state index contributed by atoms with van der Waals surface area (Å²) in [4.78, 5) is 0. The van der Waals surface area contributed by atoms with Gasteiger partial charge in [0.1, 0.15) is 0 Å². The first-order valence-electron chi connectivity index (χ1n) is 17.2. The number of allylic oxidation sites excluding steroid dienone is 2. The Morgan fingerprint density at radius 3 is 2.00 bits per heavy atom. The average molecular weight is 777 g/mol. The molecule has 0 saturated carbocycles. The fraction of sp³-hybridized carbons (Fsp3) is 0.200. The molecule has 49 heavy (non-hydrogen) atoms. The van der Waals surface area contributed by atoms with E-state index in [0.29, 0.717) is 13.2 Å². The first-order chi connectivity index (χ1) is 22.5. The number of fused-ring (bicyclic) bond motifs is 4. The number of hydrogen-bond acceptors (Lipinski definition) is 0. The second-order valence-corrected chi connectivity index (χ2v) is 46.1. The summed E-state index contributed by atoms with van der Waals surface area (Å²) in [5.74, 6) is 0.489. The molecule has 0 bridgehead atoms. The van der Waals surface area contributed by atoms with E-state index in [9.17, 15) is 0 Å². The van der Waals surface area contributed by atoms with Crippen LogP contribution in [0.15, 0.2) is 126 Å². The third kappa shape index (κ3) is 5.68. The van der Waals surface area contributed by atoms with Crippen molar-refractivity contribution in [3.8, 4) is 22.3 Å². The molecule has 4 heteroatoms. The molecule has 0 N–H and O–H groups in total. The summed E-state index contributed by atoms with van der Waals surface area (Å²) in [5.41, 5.74) is 16.1. The molecule has 2 aliphatic carbocycles. The van der Waals surface area contributed by atoms with E-state index < -0.39 is 17.4 Å². The van der Waals surface area contributed by atoms with E-state index in [1.165, 1.54) is 60.5 Å². The number of rotatable bonds is 5. The van der Waals surface area contributed by atoms with Gasteiger partial charge in [-0.2, -0.15) is 0 Å². The van der Waals surface area contributed by atoms with E-state index in [4.69, 9.17) is 0 Å². The molecule has 6 aromatic rings. The van der Waals surface area contributed by atoms with Crippen LogP contribution in [-0.4, -0.2) is 6.88 Å². The van der Waals surface area contributed by atoms with Crippen molar-refractivity contribution in [2.24, 2.45) is 5.92 Å². The molecule has 6 aromatic carbocycles. The molecule has 0 aliphatic heterocycles. The molecule has 0 fully saturated rings. The van der Waals surface area contributed by atoms with Crippen LogP contribution in [0, 0.1) is 12.8 Å². The molecular formula is C45H46Cl2SiZr. The molecule has 0 amide bonds. The van der Waals surface area contributed by atoms with Crippen molar-refractivity contribution in [1.82, 2.24) is 0 Å². The first-order valence-corrected chi connectivity index (χ1v) is 30.9. The molecule has 0 radical (unpaired) electrons. The van der Waals surface area contributed by atoms with Gasteiger partial charge in [-0.25, -0.2) is 0 Å². The monoisotopic (exact) mass is 774 g/mol. The van der Waals surface area contributed by atoms with Crippen LogP contribution in [0.25, 0.3) is 56.0 Å². The molecule has 0 nitrogen and oxygen atoms in total. The second kappa shape index (κ2) is 13.0. The van der Waals surface area contributed by atoms with Gasteiger partial charge in [0.15, 0.2) is 0 Å². The van der Waals surface area contributed by atoms with Gasteiger partial charge in [-0.3, -0.25) is 0 Å². The normalized spacial score (nSPS) is 16.9. The summed E-state index contributed by atoms with van der Waals surface area (Å²) in [6, 6.07) is 43.3. The van der Waals surface area contributed by atoms with Gasteiger partial charge in [0.05, 0.1) is 0 Å². The molecule has 0 aromatic heterocycles. The van der Waals surface area contributed by atoms with Crippen LogP contribution in [0.5, 0.6) is 0 Å². The van der Waals surface area contributed by atoms with E-state index in [1.807, 2.05) is 0 Å². The van der Waals surface area contributed by atoms with Crippen molar-refractivity contribution >= 4 is 65.4 Å². The molecule has 0 saturated heterocycles. The van der Waals surface area contributed by atoms with E-state index in [2.05, 4.69) is 171 Å². The van der Waals surface area contributed by atoms with E-state index in [1.54, 1.807) is 22.3 Å². The van der Waals surface area contributed by atoms with Crippen LogP contribution < -0.4 is 0 Å². The Labute approximate surface area is 307 Å². The fourth-order valence-electron chi connectivity index (χ4n) is 9.50. The number of benzene rings is 6. The van der Waals surface area contributed by atoms with Crippen LogP contribution in [-0.2, 0) is 17.4 Å². The van der Waals surface area contributed by atoms with Gasteiger partial charge in [0, 0.05) is 0 Å². The maximum Gasteiger partial charge on any atom is -0.147 e. The van der Waals surface area contributed by atoms with Crippen LogP contribution in [0.2, 0.25) is 9.26 Å². The van der Waals surface area contributed by atoms with Crippen LogP contribution in [0.3, 0.4) is 0 Å². The minimum absolute atomic E-state index is 0. The molecule has 2 aliphatic rings. The third-order valence-electron chi connectivity index (χ3n) is 11.4. The molecule has 0 heterocycles. The van der Waals surface area contributed by atoms with Crippen molar-refractivity contribution in [2.75, 3.05) is 0 Å². The predicted molar refractivity (Wildman–Crippen MR) is 220 cm³/mol. The standard InChI is InChI=1S/C22H19.C21H17.2CH3.2ClH.H2Si.Zr/c1-15(2)20-13-18-8-5-9-21(22(18)14-20)19-11-10-16-6-3-4-7-17(16)12-19;1-14-12-20-15(2)10-11-19(21(20)13-14)18-9-5-7-16-6-3-4-8-17(16)18;;;;;;/h3-15H,1-2H3;3-13H,1-2H3;2*1H3;2*1H;1H2;. The zero-order valence-electron chi connectivity index (χ0n) is 29.4. The maximum atomic E-state index is 2.78. The minimum Gasteiger partial charge on any atom is -0.147 e. The van der Waals surface area contributed by atoms with Crippen molar-refractivity contribution in [1.29, 1.82) is 0 Å². The number of hydrogen-bond donors (Lipinski definition) is 0.